The molecule has 0 fully saturated rings. The van der Waals surface area contributed by atoms with Crippen molar-refractivity contribution in [3.8, 4) is 0 Å². The van der Waals surface area contributed by atoms with Crippen LogP contribution in [0.25, 0.3) is 0 Å². The quantitative estimate of drug-likeness (QED) is 0.591. The van der Waals surface area contributed by atoms with Crippen molar-refractivity contribution in [3.05, 3.63) is 39.4 Å². The fraction of sp³-hybridized carbons (Fsp3) is 0.400. The second-order valence-electron chi connectivity index (χ2n) is 3.39. The zero-order valence-corrected chi connectivity index (χ0v) is 8.23. The van der Waals surface area contributed by atoms with Crippen LogP contribution in [0.15, 0.2) is 18.2 Å². The average Bonchev–Trinajstić information content (AvgIpc) is 2.01. The molecule has 14 heavy (non-hydrogen) atoms. The van der Waals surface area contributed by atoms with E-state index in [2.05, 4.69) is 0 Å². The Morgan fingerprint density at radius 3 is 2.71 bits per heavy atom. The van der Waals surface area contributed by atoms with Gasteiger partial charge in [0.2, 0.25) is 0 Å². The molecule has 0 aliphatic carbocycles. The lowest BCUT2D eigenvalue weighted by molar-refractivity contribution is -0.386. The van der Waals surface area contributed by atoms with E-state index in [0.29, 0.717) is 17.5 Å². The lowest BCUT2D eigenvalue weighted by Gasteiger charge is -2.06. The Hall–Kier alpha value is -1.42. The fourth-order valence-corrected chi connectivity index (χ4v) is 1.46. The van der Waals surface area contributed by atoms with Crippen LogP contribution in [0.1, 0.15) is 18.1 Å². The number of nitrogens with zero attached hydrogens (tertiary/aromatic N) is 1. The molecule has 0 unspecified atom stereocenters. The number of rotatable bonds is 3. The first-order valence-corrected chi connectivity index (χ1v) is 4.43. The highest BCUT2D eigenvalue weighted by Crippen LogP contribution is 2.23. The molecule has 4 nitrogen and oxygen atoms in total. The highest BCUT2D eigenvalue weighted by atomic mass is 16.6. The molecule has 0 radical (unpaired) electrons. The van der Waals surface area contributed by atoms with Gasteiger partial charge in [-0.1, -0.05) is 18.2 Å². The van der Waals surface area contributed by atoms with E-state index in [1.807, 2.05) is 0 Å². The standard InChI is InChI=1S/C10H13NO3/c1-7-4-3-5-9(6-8(2)12)10(7)11(13)14/h3-5,8,12H,6H2,1-2H3/t8-/m0/s1. The Balaban J connectivity index is 3.14. The molecule has 1 N–H and O–H groups in total. The molecule has 1 aromatic carbocycles. The summed E-state index contributed by atoms with van der Waals surface area (Å²) in [6.45, 7) is 3.32. The molecular weight excluding hydrogens is 182 g/mol. The number of aryl methyl sites for hydroxylation is 1. The second-order valence-corrected chi connectivity index (χ2v) is 3.39. The summed E-state index contributed by atoms with van der Waals surface area (Å²) in [4.78, 5) is 10.4. The minimum Gasteiger partial charge on any atom is -0.393 e. The first-order valence-electron chi connectivity index (χ1n) is 4.43. The van der Waals surface area contributed by atoms with Gasteiger partial charge < -0.3 is 5.11 Å². The predicted octanol–water partition coefficient (Wildman–Crippen LogP) is 1.83. The lowest BCUT2D eigenvalue weighted by atomic mass is 10.0. The second kappa shape index (κ2) is 4.19. The SMILES string of the molecule is Cc1cccc(C[C@H](C)O)c1[N+](=O)[O-]. The van der Waals surface area contributed by atoms with Crippen LogP contribution >= 0.6 is 0 Å². The van der Waals surface area contributed by atoms with E-state index in [-0.39, 0.29) is 5.69 Å². The van der Waals surface area contributed by atoms with Gasteiger partial charge in [0.05, 0.1) is 11.0 Å². The van der Waals surface area contributed by atoms with Crippen molar-refractivity contribution in [2.24, 2.45) is 0 Å². The third-order valence-corrected chi connectivity index (χ3v) is 2.02. The van der Waals surface area contributed by atoms with Gasteiger partial charge in [-0.2, -0.15) is 0 Å². The summed E-state index contributed by atoms with van der Waals surface area (Å²) in [5.41, 5.74) is 1.34. The van der Waals surface area contributed by atoms with Crippen LogP contribution in [-0.4, -0.2) is 16.1 Å². The van der Waals surface area contributed by atoms with Crippen LogP contribution in [0.5, 0.6) is 0 Å². The van der Waals surface area contributed by atoms with Crippen molar-refractivity contribution in [3.63, 3.8) is 0 Å². The molecule has 0 spiro atoms. The smallest absolute Gasteiger partial charge is 0.275 e. The predicted molar refractivity (Wildman–Crippen MR) is 53.2 cm³/mol. The molecule has 0 aliphatic rings. The van der Waals surface area contributed by atoms with Gasteiger partial charge in [-0.05, 0) is 13.8 Å². The monoisotopic (exact) mass is 195 g/mol. The van der Waals surface area contributed by atoms with Crippen molar-refractivity contribution >= 4 is 5.69 Å². The summed E-state index contributed by atoms with van der Waals surface area (Å²) >= 11 is 0. The molecule has 0 heterocycles. The Morgan fingerprint density at radius 2 is 2.21 bits per heavy atom. The Kier molecular flexibility index (Phi) is 3.19. The number of hydrogen-bond donors (Lipinski definition) is 1. The summed E-state index contributed by atoms with van der Waals surface area (Å²) in [5, 5.41) is 19.9. The zero-order chi connectivity index (χ0) is 10.7. The van der Waals surface area contributed by atoms with Crippen LogP contribution in [0.4, 0.5) is 5.69 Å². The van der Waals surface area contributed by atoms with Gasteiger partial charge in [-0.3, -0.25) is 10.1 Å². The summed E-state index contributed by atoms with van der Waals surface area (Å²) in [6, 6.07) is 5.14. The first kappa shape index (κ1) is 10.7. The fourth-order valence-electron chi connectivity index (χ4n) is 1.46. The summed E-state index contributed by atoms with van der Waals surface area (Å²) in [6.07, 6.45) is -0.242. The lowest BCUT2D eigenvalue weighted by Crippen LogP contribution is -2.07. The van der Waals surface area contributed by atoms with Crippen molar-refractivity contribution in [2.45, 2.75) is 26.4 Å². The molecular formula is C10H13NO3. The minimum absolute atomic E-state index is 0.119. The molecule has 1 aromatic rings. The zero-order valence-electron chi connectivity index (χ0n) is 8.23. The van der Waals surface area contributed by atoms with E-state index in [9.17, 15) is 15.2 Å². The molecule has 76 valence electrons. The van der Waals surface area contributed by atoms with Crippen LogP contribution in [0.3, 0.4) is 0 Å². The molecule has 0 aliphatic heterocycles. The van der Waals surface area contributed by atoms with Crippen molar-refractivity contribution in [2.75, 3.05) is 0 Å². The highest BCUT2D eigenvalue weighted by Gasteiger charge is 2.17. The summed E-state index contributed by atoms with van der Waals surface area (Å²) in [5.74, 6) is 0. The topological polar surface area (TPSA) is 63.4 Å². The van der Waals surface area contributed by atoms with Gasteiger partial charge >= 0.3 is 0 Å². The molecule has 0 bridgehead atoms. The first-order chi connectivity index (χ1) is 6.52. The number of nitro benzene ring substituents is 1. The van der Waals surface area contributed by atoms with Gasteiger partial charge in [-0.25, -0.2) is 0 Å². The van der Waals surface area contributed by atoms with Crippen LogP contribution in [0.2, 0.25) is 0 Å². The molecule has 0 saturated heterocycles. The summed E-state index contributed by atoms with van der Waals surface area (Å²) in [7, 11) is 0. The van der Waals surface area contributed by atoms with Gasteiger partial charge in [0.1, 0.15) is 0 Å². The third-order valence-electron chi connectivity index (χ3n) is 2.02. The van der Waals surface area contributed by atoms with Crippen molar-refractivity contribution in [1.82, 2.24) is 0 Å². The molecule has 1 rings (SSSR count). The Bertz CT molecular complexity index is 347. The molecule has 1 atom stereocenters. The maximum absolute atomic E-state index is 10.7. The maximum atomic E-state index is 10.7. The molecule has 0 aromatic heterocycles. The van der Waals surface area contributed by atoms with E-state index < -0.39 is 11.0 Å². The summed E-state index contributed by atoms with van der Waals surface area (Å²) < 4.78 is 0. The Morgan fingerprint density at radius 1 is 1.57 bits per heavy atom. The van der Waals surface area contributed by atoms with Gasteiger partial charge in [0.15, 0.2) is 0 Å². The third kappa shape index (κ3) is 2.29. The molecule has 0 amide bonds. The number of nitro groups is 1. The van der Waals surface area contributed by atoms with E-state index >= 15 is 0 Å². The number of benzene rings is 1. The highest BCUT2D eigenvalue weighted by molar-refractivity contribution is 5.47. The number of aliphatic hydroxyl groups is 1. The maximum Gasteiger partial charge on any atom is 0.275 e. The number of hydrogen-bond acceptors (Lipinski definition) is 3. The van der Waals surface area contributed by atoms with E-state index in [1.165, 1.54) is 0 Å². The Labute approximate surface area is 82.3 Å². The number of para-hydroxylation sites is 1. The van der Waals surface area contributed by atoms with E-state index in [0.717, 1.165) is 0 Å². The number of aliphatic hydroxyl groups excluding tert-OH is 1. The van der Waals surface area contributed by atoms with Crippen LogP contribution in [0, 0.1) is 17.0 Å². The van der Waals surface area contributed by atoms with Gasteiger partial charge in [0, 0.05) is 17.5 Å². The molecule has 4 heteroatoms. The molecule has 0 saturated carbocycles. The normalized spacial score (nSPS) is 12.5. The van der Waals surface area contributed by atoms with Gasteiger partial charge in [-0.15, -0.1) is 0 Å². The van der Waals surface area contributed by atoms with Gasteiger partial charge in [0.25, 0.3) is 5.69 Å². The van der Waals surface area contributed by atoms with Crippen molar-refractivity contribution < 1.29 is 10.0 Å². The largest absolute Gasteiger partial charge is 0.393 e. The van der Waals surface area contributed by atoms with Crippen molar-refractivity contribution in [1.29, 1.82) is 0 Å². The minimum atomic E-state index is -0.560. The van der Waals surface area contributed by atoms with E-state index in [4.69, 9.17) is 0 Å². The van der Waals surface area contributed by atoms with Crippen LogP contribution in [-0.2, 0) is 6.42 Å². The van der Waals surface area contributed by atoms with E-state index in [1.54, 1.807) is 32.0 Å². The van der Waals surface area contributed by atoms with Crippen LogP contribution < -0.4 is 0 Å². The average molecular weight is 195 g/mol.